The number of hydrogen-bond donors (Lipinski definition) is 2. The molecule has 1 saturated heterocycles. The zero-order valence-corrected chi connectivity index (χ0v) is 20.4. The summed E-state index contributed by atoms with van der Waals surface area (Å²) in [6.45, 7) is 8.28. The van der Waals surface area contributed by atoms with Gasteiger partial charge in [0.1, 0.15) is 6.61 Å². The summed E-state index contributed by atoms with van der Waals surface area (Å²) < 4.78 is 11.1. The molecular formula is C27H38N2O6. The first-order valence-electron chi connectivity index (χ1n) is 12.2. The maximum Gasteiger partial charge on any atom is 0.306 e. The van der Waals surface area contributed by atoms with E-state index in [2.05, 4.69) is 18.5 Å². The van der Waals surface area contributed by atoms with E-state index in [4.69, 9.17) is 9.47 Å². The standard InChI is InChI=1S/C27H38N2O6/c1-3-5-14-26(32)35-20-23(19-34-18-21-11-7-6-8-12-21)28-27(33)22(10-4-2)16-25(31)29-15-9-13-24(29)17-30/h3-4,6-8,11-12,22-24,30H,1-2,5,9-10,13-20H2,(H,28,33)/t22-,23+,24+/m1/s1. The number of benzene rings is 1. The molecule has 1 aliphatic heterocycles. The quantitative estimate of drug-likeness (QED) is 0.275. The number of hydrogen-bond acceptors (Lipinski definition) is 6. The van der Waals surface area contributed by atoms with Crippen LogP contribution in [0.4, 0.5) is 0 Å². The molecule has 1 aromatic rings. The molecule has 1 aromatic carbocycles. The molecule has 0 unspecified atom stereocenters. The predicted molar refractivity (Wildman–Crippen MR) is 133 cm³/mol. The molecule has 192 valence electrons. The molecule has 35 heavy (non-hydrogen) atoms. The van der Waals surface area contributed by atoms with Gasteiger partial charge in [-0.05, 0) is 31.2 Å². The van der Waals surface area contributed by atoms with Gasteiger partial charge in [-0.1, -0.05) is 42.5 Å². The van der Waals surface area contributed by atoms with E-state index in [1.165, 1.54) is 0 Å². The van der Waals surface area contributed by atoms with Crippen molar-refractivity contribution in [1.29, 1.82) is 0 Å². The van der Waals surface area contributed by atoms with Crippen molar-refractivity contribution in [3.05, 3.63) is 61.2 Å². The third-order valence-electron chi connectivity index (χ3n) is 5.93. The average molecular weight is 487 g/mol. The van der Waals surface area contributed by atoms with E-state index < -0.39 is 12.0 Å². The number of amides is 2. The van der Waals surface area contributed by atoms with Crippen LogP contribution in [0.25, 0.3) is 0 Å². The smallest absolute Gasteiger partial charge is 0.306 e. The first-order chi connectivity index (χ1) is 17.0. The Morgan fingerprint density at radius 2 is 1.94 bits per heavy atom. The van der Waals surface area contributed by atoms with Crippen molar-refractivity contribution < 1.29 is 29.0 Å². The number of likely N-dealkylation sites (tertiary alicyclic amines) is 1. The number of ether oxygens (including phenoxy) is 2. The zero-order chi connectivity index (χ0) is 25.5. The summed E-state index contributed by atoms with van der Waals surface area (Å²) in [5.74, 6) is -1.48. The van der Waals surface area contributed by atoms with Crippen LogP contribution < -0.4 is 5.32 Å². The van der Waals surface area contributed by atoms with Crippen molar-refractivity contribution in [1.82, 2.24) is 10.2 Å². The van der Waals surface area contributed by atoms with Gasteiger partial charge in [-0.2, -0.15) is 0 Å². The number of esters is 1. The first kappa shape index (κ1) is 28.3. The molecule has 0 aliphatic carbocycles. The molecule has 2 amide bonds. The van der Waals surface area contributed by atoms with Gasteiger partial charge in [0.15, 0.2) is 0 Å². The topological polar surface area (TPSA) is 105 Å². The van der Waals surface area contributed by atoms with Crippen LogP contribution >= 0.6 is 0 Å². The third kappa shape index (κ3) is 10.0. The van der Waals surface area contributed by atoms with Gasteiger partial charge < -0.3 is 24.8 Å². The molecule has 1 aliphatic rings. The van der Waals surface area contributed by atoms with Crippen molar-refractivity contribution in [2.75, 3.05) is 26.4 Å². The fourth-order valence-electron chi connectivity index (χ4n) is 4.00. The van der Waals surface area contributed by atoms with Crippen LogP contribution in [-0.2, 0) is 30.5 Å². The summed E-state index contributed by atoms with van der Waals surface area (Å²) in [7, 11) is 0. The monoisotopic (exact) mass is 486 g/mol. The normalized spacial score (nSPS) is 16.8. The summed E-state index contributed by atoms with van der Waals surface area (Å²) in [5.41, 5.74) is 0.986. The Hall–Kier alpha value is -2.97. The molecule has 8 heteroatoms. The second-order valence-corrected chi connectivity index (χ2v) is 8.71. The molecule has 0 bridgehead atoms. The number of nitrogens with zero attached hydrogens (tertiary/aromatic N) is 1. The third-order valence-corrected chi connectivity index (χ3v) is 5.93. The van der Waals surface area contributed by atoms with Crippen molar-refractivity contribution >= 4 is 17.8 Å². The molecule has 2 rings (SSSR count). The average Bonchev–Trinajstić information content (AvgIpc) is 3.35. The van der Waals surface area contributed by atoms with Crippen LogP contribution in [0.5, 0.6) is 0 Å². The molecule has 0 spiro atoms. The molecule has 0 saturated carbocycles. The molecule has 0 aromatic heterocycles. The largest absolute Gasteiger partial charge is 0.463 e. The van der Waals surface area contributed by atoms with Crippen molar-refractivity contribution in [2.45, 2.75) is 57.2 Å². The minimum atomic E-state index is -0.618. The van der Waals surface area contributed by atoms with Gasteiger partial charge in [0.2, 0.25) is 11.8 Å². The Balaban J connectivity index is 1.98. The maximum absolute atomic E-state index is 13.1. The van der Waals surface area contributed by atoms with E-state index in [0.717, 1.165) is 18.4 Å². The number of aliphatic hydroxyl groups is 1. The van der Waals surface area contributed by atoms with E-state index in [1.807, 2.05) is 30.3 Å². The summed E-state index contributed by atoms with van der Waals surface area (Å²) in [6.07, 6.45) is 5.92. The van der Waals surface area contributed by atoms with Crippen molar-refractivity contribution in [3.8, 4) is 0 Å². The minimum Gasteiger partial charge on any atom is -0.463 e. The highest BCUT2D eigenvalue weighted by molar-refractivity contribution is 5.86. The molecular weight excluding hydrogens is 448 g/mol. The summed E-state index contributed by atoms with van der Waals surface area (Å²) in [5, 5.41) is 12.4. The SMILES string of the molecule is C=CCCC(=O)OC[C@H](COCc1ccccc1)NC(=O)[C@H](CC=C)CC(=O)N1CCC[C@H]1CO. The van der Waals surface area contributed by atoms with Crippen LogP contribution in [0.2, 0.25) is 0 Å². The van der Waals surface area contributed by atoms with E-state index in [0.29, 0.717) is 26.0 Å². The van der Waals surface area contributed by atoms with Crippen molar-refractivity contribution in [2.24, 2.45) is 5.92 Å². The molecule has 1 heterocycles. The van der Waals surface area contributed by atoms with Gasteiger partial charge >= 0.3 is 5.97 Å². The minimum absolute atomic E-state index is 0.0189. The second kappa shape index (κ2) is 15.8. The lowest BCUT2D eigenvalue weighted by Gasteiger charge is -2.26. The number of rotatable bonds is 16. The van der Waals surface area contributed by atoms with Gasteiger partial charge in [-0.3, -0.25) is 14.4 Å². The lowest BCUT2D eigenvalue weighted by molar-refractivity contribution is -0.146. The Labute approximate surface area is 208 Å². The Morgan fingerprint density at radius 3 is 2.63 bits per heavy atom. The van der Waals surface area contributed by atoms with E-state index in [9.17, 15) is 19.5 Å². The molecule has 8 nitrogen and oxygen atoms in total. The van der Waals surface area contributed by atoms with Crippen LogP contribution in [0.3, 0.4) is 0 Å². The number of nitrogens with one attached hydrogen (secondary N) is 1. The highest BCUT2D eigenvalue weighted by atomic mass is 16.5. The fraction of sp³-hybridized carbons (Fsp3) is 0.519. The number of allylic oxidation sites excluding steroid dienone is 2. The molecule has 0 radical (unpaired) electrons. The maximum atomic E-state index is 13.1. The van der Waals surface area contributed by atoms with Gasteiger partial charge in [-0.15, -0.1) is 13.2 Å². The lowest BCUT2D eigenvalue weighted by atomic mass is 9.98. The number of carbonyl (C=O) groups excluding carboxylic acids is 3. The summed E-state index contributed by atoms with van der Waals surface area (Å²) >= 11 is 0. The van der Waals surface area contributed by atoms with Gasteiger partial charge in [0.25, 0.3) is 0 Å². The number of aliphatic hydroxyl groups excluding tert-OH is 1. The van der Waals surface area contributed by atoms with Crippen LogP contribution in [0.1, 0.15) is 44.1 Å². The lowest BCUT2D eigenvalue weighted by Crippen LogP contribution is -2.46. The Bertz CT molecular complexity index is 828. The zero-order valence-electron chi connectivity index (χ0n) is 20.4. The predicted octanol–water partition coefficient (Wildman–Crippen LogP) is 2.76. The summed E-state index contributed by atoms with van der Waals surface area (Å²) in [4.78, 5) is 39.6. The van der Waals surface area contributed by atoms with E-state index >= 15 is 0 Å². The highest BCUT2D eigenvalue weighted by Crippen LogP contribution is 2.21. The molecule has 2 N–H and O–H groups in total. The molecule has 1 fully saturated rings. The number of carbonyl (C=O) groups is 3. The van der Waals surface area contributed by atoms with Crippen LogP contribution in [0, 0.1) is 5.92 Å². The Morgan fingerprint density at radius 1 is 1.17 bits per heavy atom. The fourth-order valence-corrected chi connectivity index (χ4v) is 4.00. The van der Waals surface area contributed by atoms with Crippen LogP contribution in [0.15, 0.2) is 55.6 Å². The molecule has 3 atom stereocenters. The highest BCUT2D eigenvalue weighted by Gasteiger charge is 2.31. The van der Waals surface area contributed by atoms with E-state index in [-0.39, 0.29) is 56.5 Å². The first-order valence-corrected chi connectivity index (χ1v) is 12.2. The van der Waals surface area contributed by atoms with Gasteiger partial charge in [-0.25, -0.2) is 0 Å². The Kier molecular flexibility index (Phi) is 12.8. The van der Waals surface area contributed by atoms with E-state index in [1.54, 1.807) is 17.1 Å². The van der Waals surface area contributed by atoms with Gasteiger partial charge in [0, 0.05) is 19.4 Å². The van der Waals surface area contributed by atoms with Crippen LogP contribution in [-0.4, -0.2) is 66.2 Å². The second-order valence-electron chi connectivity index (χ2n) is 8.71. The van der Waals surface area contributed by atoms with Gasteiger partial charge in [0.05, 0.1) is 37.8 Å². The van der Waals surface area contributed by atoms with Crippen molar-refractivity contribution in [3.63, 3.8) is 0 Å². The summed E-state index contributed by atoms with van der Waals surface area (Å²) in [6, 6.07) is 8.86.